The number of fused-ring (bicyclic) bond motifs is 1. The maximum Gasteiger partial charge on any atom is 0.0500 e. The van der Waals surface area contributed by atoms with Crippen LogP contribution in [0, 0.1) is 0 Å². The van der Waals surface area contributed by atoms with Crippen LogP contribution in [0.3, 0.4) is 0 Å². The number of halogens is 1. The summed E-state index contributed by atoms with van der Waals surface area (Å²) in [5, 5.41) is 5.94. The van der Waals surface area contributed by atoms with E-state index in [0.717, 1.165) is 13.0 Å². The Morgan fingerprint density at radius 3 is 3.19 bits per heavy atom. The third kappa shape index (κ3) is 3.38. The van der Waals surface area contributed by atoms with Gasteiger partial charge in [0.1, 0.15) is 0 Å². The topological polar surface area (TPSA) is 24.9 Å². The molecule has 3 rings (SSSR count). The van der Waals surface area contributed by atoms with E-state index in [0.29, 0.717) is 12.0 Å². The second-order valence-corrected chi connectivity index (χ2v) is 7.50. The number of nitrogens with one attached hydrogen (secondary N) is 1. The molecule has 2 unspecified atom stereocenters. The lowest BCUT2D eigenvalue weighted by atomic mass is 9.81. The van der Waals surface area contributed by atoms with Crippen molar-refractivity contribution < 1.29 is 0 Å². The highest BCUT2D eigenvalue weighted by atomic mass is 79.9. The number of nitrogens with zero attached hydrogens (tertiary/aromatic N) is 1. The van der Waals surface area contributed by atoms with E-state index in [1.165, 1.54) is 39.9 Å². The summed E-state index contributed by atoms with van der Waals surface area (Å²) in [6.07, 6.45) is 6.76. The molecule has 112 valence electrons. The van der Waals surface area contributed by atoms with Crippen molar-refractivity contribution in [2.45, 2.75) is 44.6 Å². The molecule has 2 nitrogen and oxygen atoms in total. The molecule has 0 bridgehead atoms. The summed E-state index contributed by atoms with van der Waals surface area (Å²) in [7, 11) is 0. The van der Waals surface area contributed by atoms with E-state index in [-0.39, 0.29) is 0 Å². The van der Waals surface area contributed by atoms with Crippen LogP contribution >= 0.6 is 27.3 Å². The van der Waals surface area contributed by atoms with E-state index in [9.17, 15) is 0 Å². The van der Waals surface area contributed by atoms with Crippen LogP contribution in [-0.2, 0) is 6.42 Å². The number of hydrogen-bond donors (Lipinski definition) is 1. The lowest BCUT2D eigenvalue weighted by Crippen LogP contribution is -2.30. The number of aromatic nitrogens is 1. The highest BCUT2D eigenvalue weighted by molar-refractivity contribution is 9.10. The molecule has 4 heteroatoms. The van der Waals surface area contributed by atoms with E-state index < -0.39 is 0 Å². The van der Waals surface area contributed by atoms with Crippen molar-refractivity contribution in [1.82, 2.24) is 10.3 Å². The normalized spacial score (nSPS) is 19.2. The Bertz CT molecular complexity index is 596. The van der Waals surface area contributed by atoms with Gasteiger partial charge in [0.05, 0.1) is 0 Å². The van der Waals surface area contributed by atoms with Crippen molar-refractivity contribution in [1.29, 1.82) is 0 Å². The first-order chi connectivity index (χ1) is 10.3. The first-order valence-corrected chi connectivity index (χ1v) is 9.38. The zero-order valence-corrected chi connectivity index (χ0v) is 14.7. The summed E-state index contributed by atoms with van der Waals surface area (Å²) in [4.78, 5) is 6.13. The molecule has 0 saturated heterocycles. The van der Waals surface area contributed by atoms with Crippen LogP contribution in [0.25, 0.3) is 0 Å². The van der Waals surface area contributed by atoms with Crippen LogP contribution in [-0.4, -0.2) is 11.5 Å². The SMILES string of the molecule is CCCNC(c1cc(Br)cs1)C1CCCc2cccnc21. The van der Waals surface area contributed by atoms with Gasteiger partial charge < -0.3 is 5.32 Å². The predicted octanol–water partition coefficient (Wildman–Crippen LogP) is 5.07. The summed E-state index contributed by atoms with van der Waals surface area (Å²) in [5.41, 5.74) is 2.74. The average molecular weight is 365 g/mol. The molecule has 0 aliphatic heterocycles. The molecule has 0 saturated carbocycles. The number of pyridine rings is 1. The molecule has 1 aliphatic carbocycles. The summed E-state index contributed by atoms with van der Waals surface area (Å²) >= 11 is 5.43. The second kappa shape index (κ2) is 7.03. The van der Waals surface area contributed by atoms with Gasteiger partial charge in [-0.05, 0) is 65.9 Å². The third-order valence-corrected chi connectivity index (χ3v) is 5.93. The van der Waals surface area contributed by atoms with Crippen LogP contribution in [0.5, 0.6) is 0 Å². The van der Waals surface area contributed by atoms with E-state index >= 15 is 0 Å². The van der Waals surface area contributed by atoms with Gasteiger partial charge >= 0.3 is 0 Å². The van der Waals surface area contributed by atoms with Crippen LogP contribution in [0.4, 0.5) is 0 Å². The predicted molar refractivity (Wildman–Crippen MR) is 93.0 cm³/mol. The van der Waals surface area contributed by atoms with Crippen molar-refractivity contribution in [2.75, 3.05) is 6.54 Å². The van der Waals surface area contributed by atoms with Gasteiger partial charge in [0.25, 0.3) is 0 Å². The Labute approximate surface area is 139 Å². The van der Waals surface area contributed by atoms with E-state index in [1.807, 2.05) is 17.5 Å². The fourth-order valence-electron chi connectivity index (χ4n) is 3.20. The van der Waals surface area contributed by atoms with Crippen LogP contribution in [0.2, 0.25) is 0 Å². The first-order valence-electron chi connectivity index (χ1n) is 7.70. The minimum Gasteiger partial charge on any atom is -0.309 e. The smallest absolute Gasteiger partial charge is 0.0500 e. The second-order valence-electron chi connectivity index (χ2n) is 5.65. The lowest BCUT2D eigenvalue weighted by molar-refractivity contribution is 0.398. The third-order valence-electron chi connectivity index (χ3n) is 4.15. The van der Waals surface area contributed by atoms with Crippen molar-refractivity contribution in [2.24, 2.45) is 0 Å². The monoisotopic (exact) mass is 364 g/mol. The summed E-state index contributed by atoms with van der Waals surface area (Å²) in [5.74, 6) is 0.493. The molecule has 2 aromatic rings. The van der Waals surface area contributed by atoms with Crippen molar-refractivity contribution >= 4 is 27.3 Å². The van der Waals surface area contributed by atoms with Crippen molar-refractivity contribution in [3.05, 3.63) is 50.4 Å². The van der Waals surface area contributed by atoms with Gasteiger partial charge in [0.15, 0.2) is 0 Å². The summed E-state index contributed by atoms with van der Waals surface area (Å²) < 4.78 is 1.18. The molecule has 0 aromatic carbocycles. The largest absolute Gasteiger partial charge is 0.309 e. The molecule has 2 heterocycles. The minimum absolute atomic E-state index is 0.384. The van der Waals surface area contributed by atoms with Crippen LogP contribution < -0.4 is 5.32 Å². The molecule has 21 heavy (non-hydrogen) atoms. The standard InChI is InChI=1S/C17H21BrN2S/c1-2-8-19-17(15-10-13(18)11-21-15)14-7-3-5-12-6-4-9-20-16(12)14/h4,6,9-11,14,17,19H,2-3,5,7-8H2,1H3. The first kappa shape index (κ1) is 15.2. The number of aryl methyl sites for hydroxylation is 1. The molecular weight excluding hydrogens is 344 g/mol. The minimum atomic E-state index is 0.384. The van der Waals surface area contributed by atoms with E-state index in [1.54, 1.807) is 0 Å². The molecule has 2 atom stereocenters. The summed E-state index contributed by atoms with van der Waals surface area (Å²) in [6, 6.07) is 6.96. The number of hydrogen-bond acceptors (Lipinski definition) is 3. The van der Waals surface area contributed by atoms with Gasteiger partial charge in [0, 0.05) is 38.6 Å². The lowest BCUT2D eigenvalue weighted by Gasteiger charge is -2.31. The fourth-order valence-corrected chi connectivity index (χ4v) is 4.79. The molecule has 0 fully saturated rings. The Morgan fingerprint density at radius 1 is 1.52 bits per heavy atom. The molecular formula is C17H21BrN2S. The average Bonchev–Trinajstić information content (AvgIpc) is 2.94. The highest BCUT2D eigenvalue weighted by Gasteiger charge is 2.30. The molecule has 1 aliphatic rings. The zero-order chi connectivity index (χ0) is 14.7. The molecule has 0 spiro atoms. The Kier molecular flexibility index (Phi) is 5.09. The van der Waals surface area contributed by atoms with Crippen molar-refractivity contribution in [3.63, 3.8) is 0 Å². The van der Waals surface area contributed by atoms with Crippen LogP contribution in [0.15, 0.2) is 34.2 Å². The number of thiophene rings is 1. The highest BCUT2D eigenvalue weighted by Crippen LogP contribution is 2.41. The number of rotatable bonds is 5. The van der Waals surface area contributed by atoms with Gasteiger partial charge in [0.2, 0.25) is 0 Å². The quantitative estimate of drug-likeness (QED) is 0.801. The van der Waals surface area contributed by atoms with Crippen molar-refractivity contribution in [3.8, 4) is 0 Å². The van der Waals surface area contributed by atoms with Crippen LogP contribution in [0.1, 0.15) is 54.3 Å². The molecule has 1 N–H and O–H groups in total. The maximum atomic E-state index is 4.71. The fraction of sp³-hybridized carbons (Fsp3) is 0.471. The molecule has 0 radical (unpaired) electrons. The van der Waals surface area contributed by atoms with E-state index in [2.05, 4.69) is 51.7 Å². The van der Waals surface area contributed by atoms with Gasteiger partial charge in [-0.1, -0.05) is 13.0 Å². The van der Waals surface area contributed by atoms with E-state index in [4.69, 9.17) is 4.98 Å². The maximum absolute atomic E-state index is 4.71. The van der Waals surface area contributed by atoms with Gasteiger partial charge in [-0.15, -0.1) is 11.3 Å². The zero-order valence-electron chi connectivity index (χ0n) is 12.3. The molecule has 2 aromatic heterocycles. The Balaban J connectivity index is 1.93. The molecule has 0 amide bonds. The Morgan fingerprint density at radius 2 is 2.43 bits per heavy atom. The van der Waals surface area contributed by atoms with Gasteiger partial charge in [-0.2, -0.15) is 0 Å². The van der Waals surface area contributed by atoms with Gasteiger partial charge in [-0.25, -0.2) is 0 Å². The summed E-state index contributed by atoms with van der Waals surface area (Å²) in [6.45, 7) is 3.28. The van der Waals surface area contributed by atoms with Gasteiger partial charge in [-0.3, -0.25) is 4.98 Å². The Hall–Kier alpha value is -0.710.